The predicted molar refractivity (Wildman–Crippen MR) is 111 cm³/mol. The van der Waals surface area contributed by atoms with E-state index in [-0.39, 0.29) is 30.2 Å². The number of rotatable bonds is 6. The second kappa shape index (κ2) is 7.90. The Balaban J connectivity index is 1.71. The van der Waals surface area contributed by atoms with Crippen LogP contribution in [0, 0.1) is 0 Å². The van der Waals surface area contributed by atoms with Crippen LogP contribution in [0.2, 0.25) is 0 Å². The van der Waals surface area contributed by atoms with Crippen molar-refractivity contribution in [2.45, 2.75) is 20.3 Å². The highest BCUT2D eigenvalue weighted by Gasteiger charge is 2.38. The van der Waals surface area contributed by atoms with Gasteiger partial charge in [0.25, 0.3) is 11.8 Å². The highest BCUT2D eigenvalue weighted by atomic mass is 16.7. The quantitative estimate of drug-likeness (QED) is 0.715. The van der Waals surface area contributed by atoms with Gasteiger partial charge in [-0.1, -0.05) is 19.1 Å². The predicted octanol–water partition coefficient (Wildman–Crippen LogP) is 2.98. The van der Waals surface area contributed by atoms with Crippen LogP contribution in [0.1, 0.15) is 25.8 Å². The Labute approximate surface area is 173 Å². The van der Waals surface area contributed by atoms with Crippen LogP contribution in [0.4, 0.5) is 11.4 Å². The fourth-order valence-corrected chi connectivity index (χ4v) is 3.43. The van der Waals surface area contributed by atoms with E-state index in [0.29, 0.717) is 47.0 Å². The molecule has 2 N–H and O–H groups in total. The number of carbonyl (C=O) groups excluding carboxylic acids is 3. The Morgan fingerprint density at radius 3 is 2.40 bits per heavy atom. The molecule has 0 aromatic heterocycles. The van der Waals surface area contributed by atoms with E-state index in [9.17, 15) is 14.4 Å². The van der Waals surface area contributed by atoms with E-state index in [1.54, 1.807) is 42.5 Å². The molecule has 8 heteroatoms. The minimum absolute atomic E-state index is 0.148. The van der Waals surface area contributed by atoms with Gasteiger partial charge in [-0.15, -0.1) is 0 Å². The van der Waals surface area contributed by atoms with Crippen LogP contribution in [0.5, 0.6) is 11.5 Å². The number of ether oxygens (including phenoxy) is 2. The van der Waals surface area contributed by atoms with Crippen molar-refractivity contribution in [3.05, 3.63) is 53.7 Å². The number of fused-ring (bicyclic) bond motifs is 1. The van der Waals surface area contributed by atoms with Gasteiger partial charge in [0.05, 0.1) is 5.57 Å². The maximum Gasteiger partial charge on any atom is 0.278 e. The van der Waals surface area contributed by atoms with Gasteiger partial charge in [-0.05, 0) is 36.2 Å². The molecule has 154 valence electrons. The van der Waals surface area contributed by atoms with E-state index >= 15 is 0 Å². The summed E-state index contributed by atoms with van der Waals surface area (Å²) in [6.07, 6.45) is 0.656. The van der Waals surface area contributed by atoms with E-state index in [4.69, 9.17) is 9.47 Å². The van der Waals surface area contributed by atoms with E-state index in [1.807, 2.05) is 6.92 Å². The van der Waals surface area contributed by atoms with E-state index in [0.717, 1.165) is 0 Å². The molecule has 2 heterocycles. The smallest absolute Gasteiger partial charge is 0.278 e. The molecule has 0 saturated heterocycles. The Bertz CT molecular complexity index is 1060. The molecule has 3 amide bonds. The first kappa shape index (κ1) is 19.5. The number of imide groups is 1. The molecule has 8 nitrogen and oxygen atoms in total. The van der Waals surface area contributed by atoms with Crippen molar-refractivity contribution >= 4 is 34.7 Å². The highest BCUT2D eigenvalue weighted by Crippen LogP contribution is 2.36. The average Bonchev–Trinajstić information content (AvgIpc) is 3.27. The summed E-state index contributed by atoms with van der Waals surface area (Å²) in [5, 5.41) is 5.78. The van der Waals surface area contributed by atoms with Crippen molar-refractivity contribution in [3.63, 3.8) is 0 Å². The van der Waals surface area contributed by atoms with Gasteiger partial charge in [0, 0.05) is 30.9 Å². The number of nitrogens with zero attached hydrogens (tertiary/aromatic N) is 1. The van der Waals surface area contributed by atoms with Crippen molar-refractivity contribution < 1.29 is 23.9 Å². The lowest BCUT2D eigenvalue weighted by Gasteiger charge is -2.13. The lowest BCUT2D eigenvalue weighted by atomic mass is 10.0. The number of carbonyl (C=O) groups is 3. The van der Waals surface area contributed by atoms with Gasteiger partial charge >= 0.3 is 0 Å². The molecule has 2 aromatic rings. The lowest BCUT2D eigenvalue weighted by molar-refractivity contribution is -0.136. The fraction of sp³-hybridized carbons (Fsp3) is 0.227. The highest BCUT2D eigenvalue weighted by molar-refractivity contribution is 6.36. The zero-order valence-electron chi connectivity index (χ0n) is 16.7. The third-order valence-electron chi connectivity index (χ3n) is 4.75. The van der Waals surface area contributed by atoms with Crippen molar-refractivity contribution in [1.82, 2.24) is 4.90 Å². The third kappa shape index (κ3) is 3.59. The molecule has 30 heavy (non-hydrogen) atoms. The number of nitrogens with one attached hydrogen (secondary N) is 2. The van der Waals surface area contributed by atoms with Gasteiger partial charge in [0.1, 0.15) is 5.70 Å². The summed E-state index contributed by atoms with van der Waals surface area (Å²) in [4.78, 5) is 38.5. The number of hydrogen-bond acceptors (Lipinski definition) is 6. The van der Waals surface area contributed by atoms with Crippen LogP contribution in [0.3, 0.4) is 0 Å². The van der Waals surface area contributed by atoms with E-state index < -0.39 is 0 Å². The van der Waals surface area contributed by atoms with Gasteiger partial charge in [-0.25, -0.2) is 0 Å². The zero-order valence-corrected chi connectivity index (χ0v) is 16.7. The molecule has 0 aliphatic carbocycles. The largest absolute Gasteiger partial charge is 0.454 e. The Morgan fingerprint density at radius 2 is 1.70 bits per heavy atom. The summed E-state index contributed by atoms with van der Waals surface area (Å²) in [6.45, 7) is 3.81. The van der Waals surface area contributed by atoms with E-state index in [1.165, 1.54) is 11.8 Å². The molecule has 0 unspecified atom stereocenters. The monoisotopic (exact) mass is 407 g/mol. The topological polar surface area (TPSA) is 97.0 Å². The first-order valence-electron chi connectivity index (χ1n) is 9.63. The molecule has 0 spiro atoms. The molecule has 0 fully saturated rings. The zero-order chi connectivity index (χ0) is 21.3. The van der Waals surface area contributed by atoms with Crippen LogP contribution < -0.4 is 20.1 Å². The molecule has 2 aromatic carbocycles. The Morgan fingerprint density at radius 1 is 1.00 bits per heavy atom. The number of amides is 3. The van der Waals surface area contributed by atoms with Gasteiger partial charge in [-0.3, -0.25) is 19.3 Å². The molecular formula is C22H21N3O5. The second-order valence-corrected chi connectivity index (χ2v) is 6.96. The second-order valence-electron chi connectivity index (χ2n) is 6.96. The van der Waals surface area contributed by atoms with Crippen molar-refractivity contribution in [1.29, 1.82) is 0 Å². The van der Waals surface area contributed by atoms with E-state index in [2.05, 4.69) is 10.6 Å². The molecule has 2 aliphatic heterocycles. The molecule has 4 rings (SSSR count). The van der Waals surface area contributed by atoms with Crippen molar-refractivity contribution in [3.8, 4) is 11.5 Å². The van der Waals surface area contributed by atoms with Gasteiger partial charge in [0.2, 0.25) is 12.7 Å². The van der Waals surface area contributed by atoms with Crippen LogP contribution in [0.15, 0.2) is 48.2 Å². The van der Waals surface area contributed by atoms with Crippen LogP contribution in [-0.4, -0.2) is 36.0 Å². The fourth-order valence-electron chi connectivity index (χ4n) is 3.43. The van der Waals surface area contributed by atoms with Crippen LogP contribution >= 0.6 is 0 Å². The molecule has 0 saturated carbocycles. The molecule has 0 atom stereocenters. The summed E-state index contributed by atoms with van der Waals surface area (Å²) in [5.41, 5.74) is 2.31. The first-order valence-corrected chi connectivity index (χ1v) is 9.63. The maximum atomic E-state index is 13.0. The first-order chi connectivity index (χ1) is 14.5. The standard InChI is InChI=1S/C22H21N3O5/c1-3-10-25-21(27)19(14-4-6-15(7-5-14)23-13(2)26)20(22(25)28)24-16-8-9-17-18(11-16)30-12-29-17/h4-9,11,24H,3,10,12H2,1-2H3,(H,23,26). The Kier molecular flexibility index (Phi) is 5.14. The molecule has 0 radical (unpaired) electrons. The summed E-state index contributed by atoms with van der Waals surface area (Å²) in [6, 6.07) is 12.1. The van der Waals surface area contributed by atoms with Crippen molar-refractivity contribution in [2.75, 3.05) is 24.0 Å². The minimum atomic E-state index is -0.375. The third-order valence-corrected chi connectivity index (χ3v) is 4.75. The summed E-state index contributed by atoms with van der Waals surface area (Å²) < 4.78 is 10.7. The van der Waals surface area contributed by atoms with Gasteiger partial charge in [0.15, 0.2) is 11.5 Å². The maximum absolute atomic E-state index is 13.0. The number of benzene rings is 2. The average molecular weight is 407 g/mol. The minimum Gasteiger partial charge on any atom is -0.454 e. The number of anilines is 2. The number of hydrogen-bond donors (Lipinski definition) is 2. The lowest BCUT2D eigenvalue weighted by Crippen LogP contribution is -2.33. The Hall–Kier alpha value is -3.81. The van der Waals surface area contributed by atoms with Crippen LogP contribution in [-0.2, 0) is 14.4 Å². The van der Waals surface area contributed by atoms with Gasteiger partial charge < -0.3 is 20.1 Å². The summed E-state index contributed by atoms with van der Waals surface area (Å²) >= 11 is 0. The van der Waals surface area contributed by atoms with Crippen LogP contribution in [0.25, 0.3) is 5.57 Å². The van der Waals surface area contributed by atoms with Crippen molar-refractivity contribution in [2.24, 2.45) is 0 Å². The van der Waals surface area contributed by atoms with Gasteiger partial charge in [-0.2, -0.15) is 0 Å². The normalized spacial score (nSPS) is 15.1. The summed E-state index contributed by atoms with van der Waals surface area (Å²) in [5.74, 6) is 0.292. The molecule has 0 bridgehead atoms. The molecular weight excluding hydrogens is 386 g/mol. The SMILES string of the molecule is CCCN1C(=O)C(Nc2ccc3c(c2)OCO3)=C(c2ccc(NC(C)=O)cc2)C1=O. The molecule has 2 aliphatic rings. The summed E-state index contributed by atoms with van der Waals surface area (Å²) in [7, 11) is 0.